The molecule has 1 aromatic carbocycles. The van der Waals surface area contributed by atoms with Crippen LogP contribution in [0.2, 0.25) is 0 Å². The fourth-order valence-electron chi connectivity index (χ4n) is 1.91. The lowest BCUT2D eigenvalue weighted by Crippen LogP contribution is -2.38. The molecular weight excluding hydrogens is 224 g/mol. The maximum atomic E-state index is 4.99. The number of hydrogen-bond acceptors (Lipinski definition) is 3. The van der Waals surface area contributed by atoms with Gasteiger partial charge in [0.1, 0.15) is 0 Å². The summed E-state index contributed by atoms with van der Waals surface area (Å²) in [4.78, 5) is 0. The van der Waals surface area contributed by atoms with Crippen LogP contribution in [0, 0.1) is 6.92 Å². The first-order valence-electron chi connectivity index (χ1n) is 6.71. The molecule has 0 spiro atoms. The third kappa shape index (κ3) is 6.15. The van der Waals surface area contributed by atoms with Gasteiger partial charge in [-0.1, -0.05) is 24.3 Å². The van der Waals surface area contributed by atoms with E-state index in [-0.39, 0.29) is 0 Å². The Balaban J connectivity index is 2.12. The summed E-state index contributed by atoms with van der Waals surface area (Å²) >= 11 is 0. The summed E-state index contributed by atoms with van der Waals surface area (Å²) < 4.78 is 4.99. The molecule has 0 aliphatic heterocycles. The van der Waals surface area contributed by atoms with Gasteiger partial charge in [0.2, 0.25) is 0 Å². The van der Waals surface area contributed by atoms with Crippen molar-refractivity contribution in [2.75, 3.05) is 33.4 Å². The predicted octanol–water partition coefficient (Wildman–Crippen LogP) is 1.75. The molecule has 1 aromatic rings. The zero-order valence-electron chi connectivity index (χ0n) is 11.8. The van der Waals surface area contributed by atoms with E-state index in [4.69, 9.17) is 4.74 Å². The maximum Gasteiger partial charge on any atom is 0.0587 e. The second-order valence-electron chi connectivity index (χ2n) is 4.73. The topological polar surface area (TPSA) is 33.3 Å². The largest absolute Gasteiger partial charge is 0.383 e. The number of aryl methyl sites for hydroxylation is 1. The molecule has 0 saturated carbocycles. The van der Waals surface area contributed by atoms with Crippen LogP contribution < -0.4 is 10.6 Å². The highest BCUT2D eigenvalue weighted by Crippen LogP contribution is 2.06. The minimum absolute atomic E-state index is 0.492. The van der Waals surface area contributed by atoms with E-state index >= 15 is 0 Å². The van der Waals surface area contributed by atoms with Crippen LogP contribution in [0.4, 0.5) is 0 Å². The Morgan fingerprint density at radius 1 is 1.22 bits per heavy atom. The summed E-state index contributed by atoms with van der Waals surface area (Å²) in [5, 5.41) is 6.89. The number of methoxy groups -OCH3 is 1. The van der Waals surface area contributed by atoms with Crippen LogP contribution in [0.15, 0.2) is 24.3 Å². The molecule has 0 bridgehead atoms. The van der Waals surface area contributed by atoms with Crippen molar-refractivity contribution >= 4 is 0 Å². The number of rotatable bonds is 9. The molecule has 0 aliphatic carbocycles. The minimum atomic E-state index is 0.492. The summed E-state index contributed by atoms with van der Waals surface area (Å²) in [6, 6.07) is 9.07. The Hall–Kier alpha value is -0.900. The van der Waals surface area contributed by atoms with Crippen molar-refractivity contribution in [3.05, 3.63) is 35.4 Å². The average molecular weight is 250 g/mol. The molecule has 0 fully saturated rings. The maximum absolute atomic E-state index is 4.99. The van der Waals surface area contributed by atoms with E-state index in [1.165, 1.54) is 11.1 Å². The molecule has 0 heterocycles. The quantitative estimate of drug-likeness (QED) is 0.655. The van der Waals surface area contributed by atoms with Gasteiger partial charge in [0.15, 0.2) is 0 Å². The second kappa shape index (κ2) is 9.09. The van der Waals surface area contributed by atoms with Gasteiger partial charge in [-0.2, -0.15) is 0 Å². The molecule has 3 heteroatoms. The van der Waals surface area contributed by atoms with Crippen LogP contribution in [0.3, 0.4) is 0 Å². The molecule has 1 atom stereocenters. The standard InChI is InChI=1S/C15H26N2O/c1-13-6-4-5-7-15(13)8-9-17-14(2)12-16-10-11-18-3/h4-7,14,16-17H,8-12H2,1-3H3. The first-order valence-corrected chi connectivity index (χ1v) is 6.71. The van der Waals surface area contributed by atoms with Gasteiger partial charge >= 0.3 is 0 Å². The molecule has 1 unspecified atom stereocenters. The molecule has 0 saturated heterocycles. The summed E-state index contributed by atoms with van der Waals surface area (Å²) in [7, 11) is 1.73. The molecule has 1 rings (SSSR count). The van der Waals surface area contributed by atoms with Gasteiger partial charge in [-0.3, -0.25) is 0 Å². The summed E-state index contributed by atoms with van der Waals surface area (Å²) in [5.74, 6) is 0. The van der Waals surface area contributed by atoms with Gasteiger partial charge in [0.25, 0.3) is 0 Å². The predicted molar refractivity (Wildman–Crippen MR) is 77.1 cm³/mol. The smallest absolute Gasteiger partial charge is 0.0587 e. The van der Waals surface area contributed by atoms with E-state index in [1.807, 2.05) is 0 Å². The zero-order chi connectivity index (χ0) is 13.2. The van der Waals surface area contributed by atoms with Gasteiger partial charge in [0.05, 0.1) is 6.61 Å². The monoisotopic (exact) mass is 250 g/mol. The third-order valence-corrected chi connectivity index (χ3v) is 3.08. The van der Waals surface area contributed by atoms with Crippen LogP contribution in [-0.4, -0.2) is 39.4 Å². The van der Waals surface area contributed by atoms with Crippen molar-refractivity contribution in [3.63, 3.8) is 0 Å². The van der Waals surface area contributed by atoms with Crippen molar-refractivity contribution in [1.29, 1.82) is 0 Å². The van der Waals surface area contributed by atoms with E-state index in [2.05, 4.69) is 48.7 Å². The Morgan fingerprint density at radius 3 is 2.72 bits per heavy atom. The molecule has 2 N–H and O–H groups in total. The van der Waals surface area contributed by atoms with E-state index in [0.29, 0.717) is 6.04 Å². The molecule has 0 aromatic heterocycles. The summed E-state index contributed by atoms with van der Waals surface area (Å²) in [6.07, 6.45) is 1.09. The average Bonchev–Trinajstić information content (AvgIpc) is 2.37. The number of nitrogens with one attached hydrogen (secondary N) is 2. The Labute approximate surface area is 111 Å². The van der Waals surface area contributed by atoms with Crippen molar-refractivity contribution < 1.29 is 4.74 Å². The van der Waals surface area contributed by atoms with E-state index in [9.17, 15) is 0 Å². The van der Waals surface area contributed by atoms with Gasteiger partial charge in [-0.25, -0.2) is 0 Å². The van der Waals surface area contributed by atoms with Gasteiger partial charge in [0, 0.05) is 26.2 Å². The van der Waals surface area contributed by atoms with Crippen LogP contribution in [0.5, 0.6) is 0 Å². The number of hydrogen-bond donors (Lipinski definition) is 2. The lowest BCUT2D eigenvalue weighted by Gasteiger charge is -2.15. The Bertz CT molecular complexity index is 328. The van der Waals surface area contributed by atoms with Crippen LogP contribution in [-0.2, 0) is 11.2 Å². The van der Waals surface area contributed by atoms with E-state index in [0.717, 1.165) is 32.7 Å². The van der Waals surface area contributed by atoms with Gasteiger partial charge < -0.3 is 15.4 Å². The SMILES string of the molecule is COCCNCC(C)NCCc1ccccc1C. The first kappa shape index (κ1) is 15.2. The number of benzene rings is 1. The van der Waals surface area contributed by atoms with Crippen LogP contribution in [0.25, 0.3) is 0 Å². The fraction of sp³-hybridized carbons (Fsp3) is 0.600. The van der Waals surface area contributed by atoms with Crippen molar-refractivity contribution in [3.8, 4) is 0 Å². The van der Waals surface area contributed by atoms with Gasteiger partial charge in [-0.05, 0) is 37.9 Å². The third-order valence-electron chi connectivity index (χ3n) is 3.08. The van der Waals surface area contributed by atoms with Gasteiger partial charge in [-0.15, -0.1) is 0 Å². The summed E-state index contributed by atoms with van der Waals surface area (Å²) in [6.45, 7) is 8.08. The Kier molecular flexibility index (Phi) is 7.65. The lowest BCUT2D eigenvalue weighted by molar-refractivity contribution is 0.198. The summed E-state index contributed by atoms with van der Waals surface area (Å²) in [5.41, 5.74) is 2.81. The zero-order valence-corrected chi connectivity index (χ0v) is 11.8. The fourth-order valence-corrected chi connectivity index (χ4v) is 1.91. The Morgan fingerprint density at radius 2 is 2.00 bits per heavy atom. The number of ether oxygens (including phenoxy) is 1. The lowest BCUT2D eigenvalue weighted by atomic mass is 10.1. The van der Waals surface area contributed by atoms with Crippen LogP contribution >= 0.6 is 0 Å². The molecule has 18 heavy (non-hydrogen) atoms. The van der Waals surface area contributed by atoms with Crippen LogP contribution in [0.1, 0.15) is 18.1 Å². The minimum Gasteiger partial charge on any atom is -0.383 e. The first-order chi connectivity index (χ1) is 8.74. The molecule has 0 aliphatic rings. The molecule has 102 valence electrons. The molecular formula is C15H26N2O. The second-order valence-corrected chi connectivity index (χ2v) is 4.73. The van der Waals surface area contributed by atoms with Crippen molar-refractivity contribution in [2.45, 2.75) is 26.3 Å². The van der Waals surface area contributed by atoms with Crippen molar-refractivity contribution in [2.24, 2.45) is 0 Å². The highest BCUT2D eigenvalue weighted by molar-refractivity contribution is 5.25. The molecule has 0 radical (unpaired) electrons. The highest BCUT2D eigenvalue weighted by Gasteiger charge is 2.01. The van der Waals surface area contributed by atoms with Crippen molar-refractivity contribution in [1.82, 2.24) is 10.6 Å². The normalized spacial score (nSPS) is 12.6. The van der Waals surface area contributed by atoms with E-state index in [1.54, 1.807) is 7.11 Å². The molecule has 0 amide bonds. The van der Waals surface area contributed by atoms with E-state index < -0.39 is 0 Å². The molecule has 3 nitrogen and oxygen atoms in total. The highest BCUT2D eigenvalue weighted by atomic mass is 16.5.